The number of rotatable bonds is 2. The molecule has 2 heterocycles. The summed E-state index contributed by atoms with van der Waals surface area (Å²) in [6.45, 7) is 0. The molecule has 172 valence electrons. The molecule has 0 unspecified atom stereocenters. The summed E-state index contributed by atoms with van der Waals surface area (Å²) in [5.74, 6) is 0. The molecule has 7 rings (SSSR count). The van der Waals surface area contributed by atoms with Crippen molar-refractivity contribution in [2.75, 3.05) is 0 Å². The maximum absolute atomic E-state index is 4.35. The summed E-state index contributed by atoms with van der Waals surface area (Å²) < 4.78 is 4.11. The zero-order valence-electron chi connectivity index (χ0n) is 18.7. The molecule has 0 saturated heterocycles. The molecule has 0 aliphatic rings. The van der Waals surface area contributed by atoms with E-state index in [1.165, 1.54) is 16.3 Å². The van der Waals surface area contributed by atoms with Crippen molar-refractivity contribution < 1.29 is 21.1 Å². The van der Waals surface area contributed by atoms with Gasteiger partial charge in [0.1, 0.15) is 0 Å². The molecule has 3 nitrogen and oxygen atoms in total. The molecule has 2 aromatic heterocycles. The number of para-hydroxylation sites is 5. The molecular formula is C31H20N3Pt-3. The summed E-state index contributed by atoms with van der Waals surface area (Å²) in [7, 11) is 0. The fourth-order valence-corrected chi connectivity index (χ4v) is 4.30. The second-order valence-electron chi connectivity index (χ2n) is 7.90. The van der Waals surface area contributed by atoms with Crippen molar-refractivity contribution in [2.45, 2.75) is 0 Å². The van der Waals surface area contributed by atoms with Crippen LogP contribution in [0.3, 0.4) is 0 Å². The van der Waals surface area contributed by atoms with Gasteiger partial charge in [-0.05, 0) is 23.2 Å². The predicted octanol–water partition coefficient (Wildman–Crippen LogP) is 7.21. The minimum absolute atomic E-state index is 0. The van der Waals surface area contributed by atoms with E-state index in [2.05, 4.69) is 76.4 Å². The number of benzene rings is 5. The third-order valence-electron chi connectivity index (χ3n) is 5.82. The Morgan fingerprint density at radius 2 is 1.17 bits per heavy atom. The second-order valence-corrected chi connectivity index (χ2v) is 7.90. The molecule has 0 radical (unpaired) electrons. The first-order chi connectivity index (χ1) is 16.9. The van der Waals surface area contributed by atoms with Crippen LogP contribution < -0.4 is 0 Å². The van der Waals surface area contributed by atoms with Gasteiger partial charge in [0.25, 0.3) is 0 Å². The van der Waals surface area contributed by atoms with Crippen LogP contribution in [0.1, 0.15) is 0 Å². The molecule has 4 heteroatoms. The maximum Gasteiger partial charge on any atom is 0.0716 e. The van der Waals surface area contributed by atoms with Crippen molar-refractivity contribution in [3.05, 3.63) is 140 Å². The van der Waals surface area contributed by atoms with Crippen LogP contribution in [0.5, 0.6) is 0 Å². The Balaban J connectivity index is 0.000000145. The van der Waals surface area contributed by atoms with E-state index in [1.54, 1.807) is 0 Å². The molecule has 0 aliphatic heterocycles. The van der Waals surface area contributed by atoms with Crippen LogP contribution in [0.25, 0.3) is 44.1 Å². The van der Waals surface area contributed by atoms with Crippen molar-refractivity contribution in [2.24, 2.45) is 0 Å². The molecule has 0 bridgehead atoms. The average molecular weight is 630 g/mol. The summed E-state index contributed by atoms with van der Waals surface area (Å²) in [5.41, 5.74) is 5.43. The first-order valence-electron chi connectivity index (χ1n) is 11.2. The van der Waals surface area contributed by atoms with Crippen LogP contribution in [0.4, 0.5) is 0 Å². The van der Waals surface area contributed by atoms with Crippen LogP contribution in [0.15, 0.2) is 121 Å². The van der Waals surface area contributed by atoms with E-state index in [1.807, 2.05) is 77.6 Å². The SMILES string of the molecule is [Pt].[c-]1ccccc1-n1c2[c-]cccc2c2ccccc21.[c-]1ccccc1-n1ncc2ccccc21. The van der Waals surface area contributed by atoms with Gasteiger partial charge in [-0.2, -0.15) is 77.9 Å². The monoisotopic (exact) mass is 629 g/mol. The fourth-order valence-electron chi connectivity index (χ4n) is 4.30. The largest absolute Gasteiger partial charge is 0.358 e. The van der Waals surface area contributed by atoms with Gasteiger partial charge in [0, 0.05) is 32.0 Å². The molecule has 7 aromatic rings. The molecule has 0 aliphatic carbocycles. The third-order valence-corrected chi connectivity index (χ3v) is 5.82. The number of fused-ring (bicyclic) bond motifs is 4. The molecule has 0 fully saturated rings. The van der Waals surface area contributed by atoms with Gasteiger partial charge in [-0.15, -0.1) is 17.5 Å². The van der Waals surface area contributed by atoms with Gasteiger partial charge in [-0.3, -0.25) is 4.68 Å². The fraction of sp³-hybridized carbons (Fsp3) is 0. The van der Waals surface area contributed by atoms with Crippen LogP contribution in [-0.2, 0) is 21.1 Å². The Morgan fingerprint density at radius 1 is 0.543 bits per heavy atom. The van der Waals surface area contributed by atoms with Gasteiger partial charge >= 0.3 is 0 Å². The number of aromatic nitrogens is 3. The van der Waals surface area contributed by atoms with Gasteiger partial charge in [-0.25, -0.2) is 0 Å². The minimum Gasteiger partial charge on any atom is -0.358 e. The van der Waals surface area contributed by atoms with Gasteiger partial charge in [-0.1, -0.05) is 47.6 Å². The smallest absolute Gasteiger partial charge is 0.0716 e. The van der Waals surface area contributed by atoms with E-state index in [9.17, 15) is 0 Å². The standard InChI is InChI=1S/C18H11N.C13H9N2.Pt/c1-2-8-14(9-3-1)19-17-12-6-4-10-15(17)16-11-5-7-13-18(16)19;1-2-7-12(8-3-1)15-13-9-5-4-6-11(13)10-14-15;/h1-8,10-12H;1-7,9-10H;/q-2;-1;. The Labute approximate surface area is 218 Å². The number of nitrogens with zero attached hydrogens (tertiary/aromatic N) is 3. The van der Waals surface area contributed by atoms with E-state index < -0.39 is 0 Å². The average Bonchev–Trinajstić information content (AvgIpc) is 3.50. The molecule has 0 spiro atoms. The molecule has 0 amide bonds. The van der Waals surface area contributed by atoms with Gasteiger partial charge in [0.2, 0.25) is 0 Å². The van der Waals surface area contributed by atoms with Gasteiger partial charge in [0.15, 0.2) is 0 Å². The molecule has 5 aromatic carbocycles. The number of hydrogen-bond donors (Lipinski definition) is 0. The summed E-state index contributed by atoms with van der Waals surface area (Å²) in [6.07, 6.45) is 1.87. The first-order valence-corrected chi connectivity index (χ1v) is 11.2. The second kappa shape index (κ2) is 10.1. The van der Waals surface area contributed by atoms with Crippen molar-refractivity contribution in [3.63, 3.8) is 0 Å². The zero-order chi connectivity index (χ0) is 22.7. The molecule has 0 saturated carbocycles. The van der Waals surface area contributed by atoms with Crippen molar-refractivity contribution in [3.8, 4) is 11.4 Å². The Kier molecular flexibility index (Phi) is 6.61. The van der Waals surface area contributed by atoms with Gasteiger partial charge in [0.05, 0.1) is 11.7 Å². The molecule has 35 heavy (non-hydrogen) atoms. The van der Waals surface area contributed by atoms with Crippen LogP contribution >= 0.6 is 0 Å². The van der Waals surface area contributed by atoms with Crippen LogP contribution in [-0.4, -0.2) is 14.3 Å². The van der Waals surface area contributed by atoms with Crippen molar-refractivity contribution in [1.29, 1.82) is 0 Å². The van der Waals surface area contributed by atoms with Gasteiger partial charge < -0.3 is 4.57 Å². The zero-order valence-corrected chi connectivity index (χ0v) is 21.0. The van der Waals surface area contributed by atoms with E-state index in [0.29, 0.717) is 0 Å². The Morgan fingerprint density at radius 3 is 1.94 bits per heavy atom. The molecule has 0 atom stereocenters. The summed E-state index contributed by atoms with van der Waals surface area (Å²) in [6, 6.07) is 48.4. The van der Waals surface area contributed by atoms with E-state index in [-0.39, 0.29) is 21.1 Å². The van der Waals surface area contributed by atoms with Crippen molar-refractivity contribution >= 4 is 32.7 Å². The topological polar surface area (TPSA) is 22.8 Å². The maximum atomic E-state index is 4.35. The molecule has 0 N–H and O–H groups in total. The van der Waals surface area contributed by atoms with Crippen LogP contribution in [0.2, 0.25) is 0 Å². The number of hydrogen-bond acceptors (Lipinski definition) is 1. The Hall–Kier alpha value is -3.94. The first kappa shape index (κ1) is 22.8. The minimum atomic E-state index is 0. The van der Waals surface area contributed by atoms with E-state index in [4.69, 9.17) is 0 Å². The summed E-state index contributed by atoms with van der Waals surface area (Å²) in [5, 5.41) is 7.99. The summed E-state index contributed by atoms with van der Waals surface area (Å²) in [4.78, 5) is 0. The van der Waals surface area contributed by atoms with E-state index in [0.717, 1.165) is 27.8 Å². The predicted molar refractivity (Wildman–Crippen MR) is 138 cm³/mol. The quantitative estimate of drug-likeness (QED) is 0.186. The molecular weight excluding hydrogens is 609 g/mol. The normalized spacial score (nSPS) is 10.6. The third kappa shape index (κ3) is 4.31. The summed E-state index contributed by atoms with van der Waals surface area (Å²) >= 11 is 0. The van der Waals surface area contributed by atoms with Crippen molar-refractivity contribution in [1.82, 2.24) is 14.3 Å². The Bertz CT molecular complexity index is 1650. The van der Waals surface area contributed by atoms with E-state index >= 15 is 0 Å². The van der Waals surface area contributed by atoms with Crippen LogP contribution in [0, 0.1) is 18.2 Å².